The second-order valence-corrected chi connectivity index (χ2v) is 5.99. The van der Waals surface area contributed by atoms with Gasteiger partial charge in [-0.25, -0.2) is 0 Å². The molecule has 0 aromatic heterocycles. The van der Waals surface area contributed by atoms with Crippen molar-refractivity contribution < 1.29 is 9.59 Å². The third kappa shape index (κ3) is 3.47. The van der Waals surface area contributed by atoms with Crippen LogP contribution in [-0.2, 0) is 9.59 Å². The first-order chi connectivity index (χ1) is 10.7. The zero-order valence-electron chi connectivity index (χ0n) is 12.8. The van der Waals surface area contributed by atoms with E-state index >= 15 is 0 Å². The van der Waals surface area contributed by atoms with Gasteiger partial charge in [-0.1, -0.05) is 30.3 Å². The minimum atomic E-state index is 0.155. The Morgan fingerprint density at radius 2 is 2.05 bits per heavy atom. The van der Waals surface area contributed by atoms with E-state index in [4.69, 9.17) is 0 Å². The van der Waals surface area contributed by atoms with Gasteiger partial charge >= 0.3 is 0 Å². The fourth-order valence-electron chi connectivity index (χ4n) is 3.21. The zero-order valence-corrected chi connectivity index (χ0v) is 12.8. The Morgan fingerprint density at radius 3 is 2.77 bits per heavy atom. The van der Waals surface area contributed by atoms with Crippen LogP contribution in [0.3, 0.4) is 0 Å². The maximum Gasteiger partial charge on any atom is 0.224 e. The molecule has 1 aromatic carbocycles. The van der Waals surface area contributed by atoms with Gasteiger partial charge in [0.15, 0.2) is 0 Å². The van der Waals surface area contributed by atoms with E-state index in [1.807, 2.05) is 28.0 Å². The Morgan fingerprint density at radius 1 is 1.23 bits per heavy atom. The summed E-state index contributed by atoms with van der Waals surface area (Å²) in [6, 6.07) is 10.4. The molecule has 0 saturated carbocycles. The predicted molar refractivity (Wildman–Crippen MR) is 84.2 cm³/mol. The number of amides is 2. The summed E-state index contributed by atoms with van der Waals surface area (Å²) in [5.41, 5.74) is 1.22. The van der Waals surface area contributed by atoms with Crippen LogP contribution in [0.4, 0.5) is 0 Å². The Hall–Kier alpha value is -1.88. The number of benzene rings is 1. The number of carbonyl (C=O) groups is 2. The number of likely N-dealkylation sites (tertiary alicyclic amines) is 1. The molecule has 5 nitrogen and oxygen atoms in total. The van der Waals surface area contributed by atoms with Crippen molar-refractivity contribution in [2.45, 2.75) is 25.3 Å². The van der Waals surface area contributed by atoms with Crippen LogP contribution >= 0.6 is 0 Å². The minimum Gasteiger partial charge on any atom is -0.342 e. The third-order valence-corrected chi connectivity index (χ3v) is 4.50. The zero-order chi connectivity index (χ0) is 15.4. The normalized spacial score (nSPS) is 22.2. The van der Waals surface area contributed by atoms with E-state index < -0.39 is 0 Å². The highest BCUT2D eigenvalue weighted by Gasteiger charge is 2.26. The van der Waals surface area contributed by atoms with E-state index in [2.05, 4.69) is 17.4 Å². The number of carbonyl (C=O) groups excluding carboxylic acids is 2. The van der Waals surface area contributed by atoms with Gasteiger partial charge in [0.2, 0.25) is 11.8 Å². The first kappa shape index (κ1) is 15.0. The van der Waals surface area contributed by atoms with Gasteiger partial charge in [-0.3, -0.25) is 9.59 Å². The molecule has 0 radical (unpaired) electrons. The number of hydrogen-bond acceptors (Lipinski definition) is 3. The van der Waals surface area contributed by atoms with Crippen molar-refractivity contribution >= 4 is 11.8 Å². The molecule has 2 heterocycles. The van der Waals surface area contributed by atoms with Gasteiger partial charge in [0.05, 0.1) is 0 Å². The maximum atomic E-state index is 12.4. The molecule has 3 rings (SSSR count). The van der Waals surface area contributed by atoms with E-state index in [0.717, 1.165) is 26.1 Å². The van der Waals surface area contributed by atoms with Gasteiger partial charge in [0.25, 0.3) is 0 Å². The molecule has 1 aromatic rings. The van der Waals surface area contributed by atoms with Gasteiger partial charge < -0.3 is 15.1 Å². The Kier molecular flexibility index (Phi) is 4.73. The standard InChI is InChI=1S/C17H23N3O2/c21-16-7-4-10-19(16)11-8-17(22)20-12-9-18-15(13-20)14-5-2-1-3-6-14/h1-3,5-6,15,18H,4,7-13H2. The summed E-state index contributed by atoms with van der Waals surface area (Å²) in [6.07, 6.45) is 2.00. The Balaban J connectivity index is 1.53. The first-order valence-corrected chi connectivity index (χ1v) is 8.08. The lowest BCUT2D eigenvalue weighted by atomic mass is 10.0. The lowest BCUT2D eigenvalue weighted by molar-refractivity contribution is -0.133. The van der Waals surface area contributed by atoms with E-state index in [1.54, 1.807) is 0 Å². The average Bonchev–Trinajstić information content (AvgIpc) is 2.99. The summed E-state index contributed by atoms with van der Waals surface area (Å²) < 4.78 is 0. The maximum absolute atomic E-state index is 12.4. The lowest BCUT2D eigenvalue weighted by Gasteiger charge is -2.34. The first-order valence-electron chi connectivity index (χ1n) is 8.08. The van der Waals surface area contributed by atoms with E-state index in [0.29, 0.717) is 25.9 Å². The Labute approximate surface area is 131 Å². The average molecular weight is 301 g/mol. The summed E-state index contributed by atoms with van der Waals surface area (Å²) in [6.45, 7) is 3.64. The van der Waals surface area contributed by atoms with Crippen molar-refractivity contribution in [1.82, 2.24) is 15.1 Å². The highest BCUT2D eigenvalue weighted by atomic mass is 16.2. The molecule has 0 spiro atoms. The van der Waals surface area contributed by atoms with Gasteiger partial charge in [0.1, 0.15) is 0 Å². The van der Waals surface area contributed by atoms with E-state index in [9.17, 15) is 9.59 Å². The minimum absolute atomic E-state index is 0.155. The molecule has 2 aliphatic heterocycles. The number of hydrogen-bond donors (Lipinski definition) is 1. The van der Waals surface area contributed by atoms with Gasteiger partial charge in [-0.15, -0.1) is 0 Å². The number of piperazine rings is 1. The van der Waals surface area contributed by atoms with Crippen LogP contribution in [0.2, 0.25) is 0 Å². The molecule has 1 unspecified atom stereocenters. The highest BCUT2D eigenvalue weighted by Crippen LogP contribution is 2.18. The summed E-state index contributed by atoms with van der Waals surface area (Å²) in [4.78, 5) is 27.7. The van der Waals surface area contributed by atoms with Crippen molar-refractivity contribution in [3.8, 4) is 0 Å². The van der Waals surface area contributed by atoms with Crippen LogP contribution in [0, 0.1) is 0 Å². The third-order valence-electron chi connectivity index (χ3n) is 4.50. The fourth-order valence-corrected chi connectivity index (χ4v) is 3.21. The predicted octanol–water partition coefficient (Wildman–Crippen LogP) is 1.17. The molecule has 0 aliphatic carbocycles. The molecule has 2 aliphatic rings. The molecule has 118 valence electrons. The fraction of sp³-hybridized carbons (Fsp3) is 0.529. The van der Waals surface area contributed by atoms with Crippen molar-refractivity contribution in [3.63, 3.8) is 0 Å². The van der Waals surface area contributed by atoms with E-state index in [-0.39, 0.29) is 17.9 Å². The summed E-state index contributed by atoms with van der Waals surface area (Å²) in [5, 5.41) is 3.47. The van der Waals surface area contributed by atoms with Gasteiger partial charge in [-0.05, 0) is 12.0 Å². The van der Waals surface area contributed by atoms with Crippen LogP contribution in [0.1, 0.15) is 30.9 Å². The highest BCUT2D eigenvalue weighted by molar-refractivity contribution is 5.80. The molecule has 2 fully saturated rings. The molecule has 1 atom stereocenters. The summed E-state index contributed by atoms with van der Waals surface area (Å²) >= 11 is 0. The van der Waals surface area contributed by atoms with Crippen molar-refractivity contribution in [1.29, 1.82) is 0 Å². The molecule has 5 heteroatoms. The lowest BCUT2D eigenvalue weighted by Crippen LogP contribution is -2.48. The summed E-state index contributed by atoms with van der Waals surface area (Å²) in [5.74, 6) is 0.345. The molecule has 2 amide bonds. The SMILES string of the molecule is O=C1CCCN1CCC(=O)N1CCNC(c2ccccc2)C1. The topological polar surface area (TPSA) is 52.7 Å². The molecule has 1 N–H and O–H groups in total. The number of nitrogens with one attached hydrogen (secondary N) is 1. The van der Waals surface area contributed by atoms with Crippen LogP contribution in [0.25, 0.3) is 0 Å². The van der Waals surface area contributed by atoms with E-state index in [1.165, 1.54) is 5.56 Å². The van der Waals surface area contributed by atoms with Crippen molar-refractivity contribution in [2.75, 3.05) is 32.7 Å². The number of nitrogens with zero attached hydrogens (tertiary/aromatic N) is 2. The van der Waals surface area contributed by atoms with Crippen molar-refractivity contribution in [3.05, 3.63) is 35.9 Å². The summed E-state index contributed by atoms with van der Waals surface area (Å²) in [7, 11) is 0. The second kappa shape index (κ2) is 6.92. The molecule has 0 bridgehead atoms. The molecule has 2 saturated heterocycles. The van der Waals surface area contributed by atoms with Crippen molar-refractivity contribution in [2.24, 2.45) is 0 Å². The van der Waals surface area contributed by atoms with Crippen LogP contribution < -0.4 is 5.32 Å². The van der Waals surface area contributed by atoms with Crippen LogP contribution in [-0.4, -0.2) is 54.3 Å². The molecule has 22 heavy (non-hydrogen) atoms. The second-order valence-electron chi connectivity index (χ2n) is 5.99. The molecular weight excluding hydrogens is 278 g/mol. The molecular formula is C17H23N3O2. The Bertz CT molecular complexity index is 532. The number of rotatable bonds is 4. The largest absolute Gasteiger partial charge is 0.342 e. The quantitative estimate of drug-likeness (QED) is 0.908. The van der Waals surface area contributed by atoms with Gasteiger partial charge in [-0.2, -0.15) is 0 Å². The van der Waals surface area contributed by atoms with Crippen LogP contribution in [0.5, 0.6) is 0 Å². The monoisotopic (exact) mass is 301 g/mol. The van der Waals surface area contributed by atoms with Gasteiger partial charge in [0, 0.05) is 51.6 Å². The van der Waals surface area contributed by atoms with Crippen LogP contribution in [0.15, 0.2) is 30.3 Å². The smallest absolute Gasteiger partial charge is 0.224 e.